The number of carbonyl (C=O) groups excluding carboxylic acids is 1. The molecule has 6 heteroatoms. The normalized spacial score (nSPS) is 12.5. The first kappa shape index (κ1) is 15.0. The number of nitrogens with zero attached hydrogens (tertiary/aromatic N) is 2. The molecule has 1 aromatic heterocycles. The molecule has 18 heavy (non-hydrogen) atoms. The van der Waals surface area contributed by atoms with Crippen molar-refractivity contribution in [1.82, 2.24) is 15.1 Å². The highest BCUT2D eigenvalue weighted by Gasteiger charge is 2.12. The molecule has 0 radical (unpaired) electrons. The molecule has 1 atom stereocenters. The molecule has 1 heterocycles. The fourth-order valence-electron chi connectivity index (χ4n) is 1.63. The zero-order valence-corrected chi connectivity index (χ0v) is 11.8. The van der Waals surface area contributed by atoms with Gasteiger partial charge in [-0.2, -0.15) is 5.10 Å². The van der Waals surface area contributed by atoms with Crippen molar-refractivity contribution in [3.05, 3.63) is 16.4 Å². The van der Waals surface area contributed by atoms with Gasteiger partial charge >= 0.3 is 0 Å². The largest absolute Gasteiger partial charge is 0.396 e. The van der Waals surface area contributed by atoms with Crippen LogP contribution in [-0.4, -0.2) is 33.9 Å². The Morgan fingerprint density at radius 1 is 1.56 bits per heavy atom. The summed E-state index contributed by atoms with van der Waals surface area (Å²) in [7, 11) is 0. The molecule has 0 saturated carbocycles. The van der Waals surface area contributed by atoms with E-state index in [-0.39, 0.29) is 25.0 Å². The molecule has 102 valence electrons. The third-order valence-corrected chi connectivity index (χ3v) is 3.40. The fourth-order valence-corrected chi connectivity index (χ4v) is 1.77. The second kappa shape index (κ2) is 6.75. The number of rotatable bonds is 6. The zero-order valence-electron chi connectivity index (χ0n) is 11.0. The van der Waals surface area contributed by atoms with E-state index in [2.05, 4.69) is 10.4 Å². The van der Waals surface area contributed by atoms with Gasteiger partial charge in [0, 0.05) is 13.2 Å². The van der Waals surface area contributed by atoms with Gasteiger partial charge in [0.15, 0.2) is 0 Å². The van der Waals surface area contributed by atoms with E-state index in [0.29, 0.717) is 18.0 Å². The highest BCUT2D eigenvalue weighted by atomic mass is 35.5. The predicted octanol–water partition coefficient (Wildman–Crippen LogP) is 1.29. The Morgan fingerprint density at radius 2 is 2.22 bits per heavy atom. The lowest BCUT2D eigenvalue weighted by Gasteiger charge is -2.11. The van der Waals surface area contributed by atoms with Gasteiger partial charge in [0.25, 0.3) is 0 Å². The fraction of sp³-hybridized carbons (Fsp3) is 0.667. The zero-order chi connectivity index (χ0) is 13.7. The Morgan fingerprint density at radius 3 is 2.72 bits per heavy atom. The van der Waals surface area contributed by atoms with E-state index in [1.165, 1.54) is 0 Å². The summed E-state index contributed by atoms with van der Waals surface area (Å²) in [4.78, 5) is 11.7. The Bertz CT molecular complexity index is 418. The molecule has 2 N–H and O–H groups in total. The first-order valence-corrected chi connectivity index (χ1v) is 6.40. The number of aliphatic hydroxyl groups excluding tert-OH is 1. The third kappa shape index (κ3) is 3.99. The topological polar surface area (TPSA) is 67.2 Å². The van der Waals surface area contributed by atoms with Gasteiger partial charge in [-0.05, 0) is 26.2 Å². The average molecular weight is 274 g/mol. The quantitative estimate of drug-likeness (QED) is 0.821. The Balaban J connectivity index is 2.47. The molecule has 0 spiro atoms. The van der Waals surface area contributed by atoms with E-state index in [4.69, 9.17) is 16.7 Å². The van der Waals surface area contributed by atoms with Crippen LogP contribution >= 0.6 is 11.6 Å². The molecule has 0 aliphatic rings. The van der Waals surface area contributed by atoms with Crippen LogP contribution in [0.4, 0.5) is 0 Å². The maximum Gasteiger partial charge on any atom is 0.241 e. The maximum absolute atomic E-state index is 11.7. The standard InChI is InChI=1S/C12H20ClN3O2/c1-8(4-5-17)6-14-11(18)7-16-10(3)12(13)9(2)15-16/h8,17H,4-7H2,1-3H3,(H,14,18)/t8-/m0/s1. The van der Waals surface area contributed by atoms with Crippen LogP contribution in [0, 0.1) is 19.8 Å². The van der Waals surface area contributed by atoms with Crippen LogP contribution < -0.4 is 5.32 Å². The van der Waals surface area contributed by atoms with E-state index < -0.39 is 0 Å². The first-order chi connectivity index (χ1) is 8.45. The Kier molecular flexibility index (Phi) is 5.62. The summed E-state index contributed by atoms with van der Waals surface area (Å²) in [5, 5.41) is 16.4. The van der Waals surface area contributed by atoms with Gasteiger partial charge in [-0.1, -0.05) is 18.5 Å². The van der Waals surface area contributed by atoms with Crippen LogP contribution in [0.15, 0.2) is 0 Å². The van der Waals surface area contributed by atoms with Crippen LogP contribution in [0.1, 0.15) is 24.7 Å². The Hall–Kier alpha value is -1.07. The summed E-state index contributed by atoms with van der Waals surface area (Å²) in [5.41, 5.74) is 1.53. The van der Waals surface area contributed by atoms with Crippen LogP contribution in [0.5, 0.6) is 0 Å². The monoisotopic (exact) mass is 273 g/mol. The van der Waals surface area contributed by atoms with Crippen molar-refractivity contribution in [2.75, 3.05) is 13.2 Å². The highest BCUT2D eigenvalue weighted by molar-refractivity contribution is 6.31. The number of hydrogen-bond acceptors (Lipinski definition) is 3. The van der Waals surface area contributed by atoms with E-state index >= 15 is 0 Å². The van der Waals surface area contributed by atoms with E-state index in [0.717, 1.165) is 11.4 Å². The molecule has 1 amide bonds. The van der Waals surface area contributed by atoms with E-state index in [1.807, 2.05) is 20.8 Å². The molecule has 0 aromatic carbocycles. The molecule has 0 aliphatic heterocycles. The summed E-state index contributed by atoms with van der Waals surface area (Å²) < 4.78 is 1.60. The van der Waals surface area contributed by atoms with Crippen molar-refractivity contribution in [3.63, 3.8) is 0 Å². The van der Waals surface area contributed by atoms with Gasteiger partial charge in [0.1, 0.15) is 6.54 Å². The summed E-state index contributed by atoms with van der Waals surface area (Å²) in [6, 6.07) is 0. The predicted molar refractivity (Wildman–Crippen MR) is 70.6 cm³/mol. The second-order valence-corrected chi connectivity index (χ2v) is 4.94. The number of amides is 1. The molecule has 0 unspecified atom stereocenters. The Labute approximate surface area is 112 Å². The smallest absolute Gasteiger partial charge is 0.241 e. The minimum atomic E-state index is -0.0953. The number of aliphatic hydroxyl groups is 1. The minimum Gasteiger partial charge on any atom is -0.396 e. The average Bonchev–Trinajstić information content (AvgIpc) is 2.55. The first-order valence-electron chi connectivity index (χ1n) is 6.02. The molecule has 1 aromatic rings. The molecule has 5 nitrogen and oxygen atoms in total. The van der Waals surface area contributed by atoms with Gasteiger partial charge in [-0.3, -0.25) is 9.48 Å². The van der Waals surface area contributed by atoms with Gasteiger partial charge in [0.2, 0.25) is 5.91 Å². The molecular formula is C12H20ClN3O2. The molecular weight excluding hydrogens is 254 g/mol. The number of nitrogens with one attached hydrogen (secondary N) is 1. The van der Waals surface area contributed by atoms with Crippen LogP contribution in [0.3, 0.4) is 0 Å². The van der Waals surface area contributed by atoms with Crippen molar-refractivity contribution in [2.45, 2.75) is 33.7 Å². The van der Waals surface area contributed by atoms with Gasteiger partial charge in [0.05, 0.1) is 16.4 Å². The van der Waals surface area contributed by atoms with Crippen LogP contribution in [0.2, 0.25) is 5.02 Å². The third-order valence-electron chi connectivity index (χ3n) is 2.86. The number of halogens is 1. The lowest BCUT2D eigenvalue weighted by atomic mass is 10.1. The minimum absolute atomic E-state index is 0.0953. The molecule has 0 aliphatic carbocycles. The molecule has 0 fully saturated rings. The number of aromatic nitrogens is 2. The van der Waals surface area contributed by atoms with E-state index in [1.54, 1.807) is 4.68 Å². The van der Waals surface area contributed by atoms with Gasteiger partial charge < -0.3 is 10.4 Å². The van der Waals surface area contributed by atoms with Gasteiger partial charge in [-0.25, -0.2) is 0 Å². The lowest BCUT2D eigenvalue weighted by Crippen LogP contribution is -2.32. The van der Waals surface area contributed by atoms with Crippen LogP contribution in [-0.2, 0) is 11.3 Å². The lowest BCUT2D eigenvalue weighted by molar-refractivity contribution is -0.122. The highest BCUT2D eigenvalue weighted by Crippen LogP contribution is 2.18. The SMILES string of the molecule is Cc1nn(CC(=O)NC[C@@H](C)CCO)c(C)c1Cl. The summed E-state index contributed by atoms with van der Waals surface area (Å²) in [6.45, 7) is 6.51. The number of carbonyl (C=O) groups is 1. The number of aryl methyl sites for hydroxylation is 1. The van der Waals surface area contributed by atoms with Crippen LogP contribution in [0.25, 0.3) is 0 Å². The molecule has 0 bridgehead atoms. The summed E-state index contributed by atoms with van der Waals surface area (Å²) >= 11 is 6.01. The van der Waals surface area contributed by atoms with Crippen molar-refractivity contribution in [1.29, 1.82) is 0 Å². The second-order valence-electron chi connectivity index (χ2n) is 4.56. The summed E-state index contributed by atoms with van der Waals surface area (Å²) in [6.07, 6.45) is 0.687. The maximum atomic E-state index is 11.7. The van der Waals surface area contributed by atoms with Crippen molar-refractivity contribution >= 4 is 17.5 Å². The van der Waals surface area contributed by atoms with E-state index in [9.17, 15) is 4.79 Å². The number of hydrogen-bond donors (Lipinski definition) is 2. The molecule has 1 rings (SSSR count). The summed E-state index contributed by atoms with van der Waals surface area (Å²) in [5.74, 6) is 0.171. The van der Waals surface area contributed by atoms with Crippen molar-refractivity contribution < 1.29 is 9.90 Å². The van der Waals surface area contributed by atoms with Gasteiger partial charge in [-0.15, -0.1) is 0 Å². The van der Waals surface area contributed by atoms with Crippen molar-refractivity contribution in [3.8, 4) is 0 Å². The van der Waals surface area contributed by atoms with Crippen molar-refractivity contribution in [2.24, 2.45) is 5.92 Å². The molecule has 0 saturated heterocycles.